The van der Waals surface area contributed by atoms with Crippen LogP contribution in [0.1, 0.15) is 60.9 Å². The van der Waals surface area contributed by atoms with Gasteiger partial charge in [0.2, 0.25) is 0 Å². The summed E-state index contributed by atoms with van der Waals surface area (Å²) in [7, 11) is 1.00. The van der Waals surface area contributed by atoms with E-state index in [-0.39, 0.29) is 5.91 Å². The number of aliphatic hydroxyl groups excluding tert-OH is 1. The monoisotopic (exact) mass is 387 g/mol. The number of aliphatic hydroxyl groups is 1. The number of hydrogen-bond donors (Lipinski definition) is 1. The number of halogens is 1. The highest BCUT2D eigenvalue weighted by atomic mass is 35.5. The first-order valence-corrected chi connectivity index (χ1v) is 10.1. The van der Waals surface area contributed by atoms with Gasteiger partial charge in [-0.3, -0.25) is 4.79 Å². The third-order valence-corrected chi connectivity index (χ3v) is 5.45. The quantitative estimate of drug-likeness (QED) is 0.732. The lowest BCUT2D eigenvalue weighted by Gasteiger charge is -2.40. The van der Waals surface area contributed by atoms with Crippen molar-refractivity contribution in [2.75, 3.05) is 13.7 Å². The number of piperidine rings is 1. The van der Waals surface area contributed by atoms with E-state index in [9.17, 15) is 4.79 Å². The molecule has 3 rings (SSSR count). The van der Waals surface area contributed by atoms with Crippen molar-refractivity contribution in [3.8, 4) is 0 Å². The molecule has 0 saturated carbocycles. The van der Waals surface area contributed by atoms with Crippen molar-refractivity contribution in [3.63, 3.8) is 0 Å². The van der Waals surface area contributed by atoms with Crippen molar-refractivity contribution >= 4 is 17.5 Å². The van der Waals surface area contributed by atoms with Gasteiger partial charge in [-0.05, 0) is 48.9 Å². The molecule has 1 aliphatic heterocycles. The average Bonchev–Trinajstić information content (AvgIpc) is 2.73. The fourth-order valence-corrected chi connectivity index (χ4v) is 4.04. The zero-order valence-corrected chi connectivity index (χ0v) is 17.0. The fourth-order valence-electron chi connectivity index (χ4n) is 3.85. The molecule has 27 heavy (non-hydrogen) atoms. The summed E-state index contributed by atoms with van der Waals surface area (Å²) in [6.07, 6.45) is 5.47. The van der Waals surface area contributed by atoms with Crippen molar-refractivity contribution in [2.45, 2.75) is 51.0 Å². The smallest absolute Gasteiger partial charge is 0.254 e. The molecule has 1 heterocycles. The van der Waals surface area contributed by atoms with Crippen LogP contribution in [0, 0.1) is 0 Å². The van der Waals surface area contributed by atoms with E-state index in [1.807, 2.05) is 18.2 Å². The Balaban J connectivity index is 0.00000126. The molecule has 0 spiro atoms. The first kappa shape index (κ1) is 21.5. The van der Waals surface area contributed by atoms with E-state index >= 15 is 0 Å². The number of rotatable bonds is 5. The third kappa shape index (κ3) is 5.82. The summed E-state index contributed by atoms with van der Waals surface area (Å²) in [4.78, 5) is 15.1. The van der Waals surface area contributed by atoms with Crippen LogP contribution >= 0.6 is 11.6 Å². The van der Waals surface area contributed by atoms with Crippen molar-refractivity contribution in [3.05, 3.63) is 70.7 Å². The topological polar surface area (TPSA) is 40.5 Å². The normalized spacial score (nSPS) is 19.2. The molecule has 1 amide bonds. The number of nitrogens with zero attached hydrogens (tertiary/aromatic N) is 1. The Labute approximate surface area is 168 Å². The van der Waals surface area contributed by atoms with Gasteiger partial charge in [-0.15, -0.1) is 0 Å². The second-order valence-electron chi connectivity index (χ2n) is 6.94. The minimum Gasteiger partial charge on any atom is -0.400 e. The summed E-state index contributed by atoms with van der Waals surface area (Å²) in [5.74, 6) is 0.668. The van der Waals surface area contributed by atoms with Crippen molar-refractivity contribution in [1.82, 2.24) is 4.90 Å². The van der Waals surface area contributed by atoms with Crippen LogP contribution in [-0.4, -0.2) is 35.6 Å². The summed E-state index contributed by atoms with van der Waals surface area (Å²) in [6.45, 7) is 3.03. The van der Waals surface area contributed by atoms with Gasteiger partial charge in [-0.25, -0.2) is 0 Å². The van der Waals surface area contributed by atoms with Crippen LogP contribution in [0.4, 0.5) is 0 Å². The van der Waals surface area contributed by atoms with Crippen molar-refractivity contribution < 1.29 is 9.90 Å². The van der Waals surface area contributed by atoms with Crippen LogP contribution in [0.3, 0.4) is 0 Å². The van der Waals surface area contributed by atoms with Crippen LogP contribution in [-0.2, 0) is 0 Å². The van der Waals surface area contributed by atoms with Gasteiger partial charge in [0.1, 0.15) is 0 Å². The number of carbonyl (C=O) groups excluding carboxylic acids is 1. The largest absolute Gasteiger partial charge is 0.400 e. The first-order chi connectivity index (χ1) is 13.2. The molecule has 2 atom stereocenters. The maximum atomic E-state index is 13.0. The molecule has 2 aromatic rings. The molecule has 0 unspecified atom stereocenters. The Bertz CT molecular complexity index is 705. The van der Waals surface area contributed by atoms with Crippen LogP contribution in [0.5, 0.6) is 0 Å². The molecule has 1 N–H and O–H groups in total. The SMILES string of the molecule is CCCC[C@@H]1C[C@H](c2ccccc2)CCN1C(=O)c1cccc(Cl)c1.CO. The van der Waals surface area contributed by atoms with E-state index in [0.717, 1.165) is 45.8 Å². The highest BCUT2D eigenvalue weighted by molar-refractivity contribution is 6.30. The first-order valence-electron chi connectivity index (χ1n) is 9.75. The standard InChI is InChI=1S/C22H26ClNO.CH4O/c1-2-3-12-21-16-18(17-8-5-4-6-9-17)13-14-24(21)22(25)19-10-7-11-20(23)15-19;1-2/h4-11,15,18,21H,2-3,12-14,16H2,1H3;2H,1H3/t18-,21-;/m1./s1. The summed E-state index contributed by atoms with van der Waals surface area (Å²) in [5, 5.41) is 7.62. The van der Waals surface area contributed by atoms with Crippen LogP contribution in [0.15, 0.2) is 54.6 Å². The van der Waals surface area contributed by atoms with Crippen LogP contribution in [0.2, 0.25) is 5.02 Å². The molecular formula is C23H30ClNO2. The zero-order chi connectivity index (χ0) is 19.6. The molecule has 0 aliphatic carbocycles. The zero-order valence-electron chi connectivity index (χ0n) is 16.3. The van der Waals surface area contributed by atoms with E-state index in [0.29, 0.717) is 22.5 Å². The molecule has 1 saturated heterocycles. The summed E-state index contributed by atoms with van der Waals surface area (Å²) in [6, 6.07) is 18.4. The van der Waals surface area contributed by atoms with Gasteiger partial charge in [-0.2, -0.15) is 0 Å². The number of unbranched alkanes of at least 4 members (excludes halogenated alkanes) is 1. The van der Waals surface area contributed by atoms with Gasteiger partial charge in [0.05, 0.1) is 0 Å². The maximum Gasteiger partial charge on any atom is 0.254 e. The van der Waals surface area contributed by atoms with Crippen molar-refractivity contribution in [1.29, 1.82) is 0 Å². The van der Waals surface area contributed by atoms with E-state index in [1.165, 1.54) is 5.56 Å². The van der Waals surface area contributed by atoms with Gasteiger partial charge in [0.25, 0.3) is 5.91 Å². The molecule has 3 nitrogen and oxygen atoms in total. The fraction of sp³-hybridized carbons (Fsp3) is 0.435. The Morgan fingerprint density at radius 2 is 1.89 bits per heavy atom. The summed E-state index contributed by atoms with van der Waals surface area (Å²) in [5.41, 5.74) is 2.10. The van der Waals surface area contributed by atoms with E-state index < -0.39 is 0 Å². The number of benzene rings is 2. The summed E-state index contributed by atoms with van der Waals surface area (Å²) >= 11 is 6.08. The molecule has 1 aliphatic rings. The highest BCUT2D eigenvalue weighted by Gasteiger charge is 2.32. The predicted octanol–water partition coefficient (Wildman–Crippen LogP) is 5.53. The molecular weight excluding hydrogens is 358 g/mol. The molecule has 4 heteroatoms. The molecule has 146 valence electrons. The minimum atomic E-state index is 0.120. The number of likely N-dealkylation sites (tertiary alicyclic amines) is 1. The Morgan fingerprint density at radius 3 is 2.56 bits per heavy atom. The van der Waals surface area contributed by atoms with Crippen molar-refractivity contribution in [2.24, 2.45) is 0 Å². The van der Waals surface area contributed by atoms with Gasteiger partial charge in [0, 0.05) is 30.3 Å². The van der Waals surface area contributed by atoms with Gasteiger partial charge >= 0.3 is 0 Å². The average molecular weight is 388 g/mol. The maximum absolute atomic E-state index is 13.0. The van der Waals surface area contributed by atoms with E-state index in [2.05, 4.69) is 42.2 Å². The second-order valence-corrected chi connectivity index (χ2v) is 7.37. The molecule has 1 fully saturated rings. The predicted molar refractivity (Wildman–Crippen MR) is 112 cm³/mol. The molecule has 0 bridgehead atoms. The second kappa shape index (κ2) is 11.1. The highest BCUT2D eigenvalue weighted by Crippen LogP contribution is 2.34. The third-order valence-electron chi connectivity index (χ3n) is 5.21. The molecule has 2 aromatic carbocycles. The van der Waals surface area contributed by atoms with Gasteiger partial charge in [-0.1, -0.05) is 67.8 Å². The van der Waals surface area contributed by atoms with E-state index in [4.69, 9.17) is 16.7 Å². The lowest BCUT2D eigenvalue weighted by Crippen LogP contribution is -2.45. The Hall–Kier alpha value is -1.84. The number of carbonyl (C=O) groups is 1. The Morgan fingerprint density at radius 1 is 1.15 bits per heavy atom. The lowest BCUT2D eigenvalue weighted by atomic mass is 9.83. The van der Waals surface area contributed by atoms with E-state index in [1.54, 1.807) is 6.07 Å². The Kier molecular flexibility index (Phi) is 8.83. The summed E-state index contributed by atoms with van der Waals surface area (Å²) < 4.78 is 0. The molecule has 0 aromatic heterocycles. The number of amides is 1. The minimum absolute atomic E-state index is 0.120. The molecule has 0 radical (unpaired) electrons. The van der Waals surface area contributed by atoms with Crippen LogP contribution < -0.4 is 0 Å². The van der Waals surface area contributed by atoms with Gasteiger partial charge < -0.3 is 10.0 Å². The van der Waals surface area contributed by atoms with Gasteiger partial charge in [0.15, 0.2) is 0 Å². The van der Waals surface area contributed by atoms with Crippen LogP contribution in [0.25, 0.3) is 0 Å². The number of hydrogen-bond acceptors (Lipinski definition) is 2. The lowest BCUT2D eigenvalue weighted by molar-refractivity contribution is 0.0575.